The van der Waals surface area contributed by atoms with E-state index in [9.17, 15) is 0 Å². The summed E-state index contributed by atoms with van der Waals surface area (Å²) in [5, 5.41) is 9.63. The molecule has 0 fully saturated rings. The van der Waals surface area contributed by atoms with E-state index in [4.69, 9.17) is 4.42 Å². The Morgan fingerprint density at radius 2 is 0.840 bits per heavy atom. The lowest BCUT2D eigenvalue weighted by Crippen LogP contribution is -2.12. The van der Waals surface area contributed by atoms with Gasteiger partial charge in [0.2, 0.25) is 0 Å². The zero-order chi connectivity index (χ0) is 33.0. The molecule has 0 N–H and O–H groups in total. The number of anilines is 3. The predicted octanol–water partition coefficient (Wildman–Crippen LogP) is 13.8. The molecule has 0 atom stereocenters. The highest BCUT2D eigenvalue weighted by Crippen LogP contribution is 2.49. The zero-order valence-corrected chi connectivity index (χ0v) is 27.3. The minimum Gasteiger partial charge on any atom is -0.456 e. The molecule has 0 aliphatic heterocycles. The van der Waals surface area contributed by atoms with E-state index in [-0.39, 0.29) is 0 Å². The van der Waals surface area contributed by atoms with Gasteiger partial charge in [0.05, 0.1) is 11.4 Å². The second-order valence-electron chi connectivity index (χ2n) is 12.8. The summed E-state index contributed by atoms with van der Waals surface area (Å²) in [6.07, 6.45) is 0. The van der Waals surface area contributed by atoms with Crippen LogP contribution < -0.4 is 4.90 Å². The lowest BCUT2D eigenvalue weighted by Gasteiger charge is -2.30. The van der Waals surface area contributed by atoms with Crippen molar-refractivity contribution in [1.29, 1.82) is 0 Å². The minimum absolute atomic E-state index is 0.913. The highest BCUT2D eigenvalue weighted by atomic mass is 16.3. The topological polar surface area (TPSA) is 16.4 Å². The van der Waals surface area contributed by atoms with E-state index in [1.54, 1.807) is 0 Å². The summed E-state index contributed by atoms with van der Waals surface area (Å²) in [6, 6.07) is 67.4. The van der Waals surface area contributed by atoms with Crippen molar-refractivity contribution in [1.82, 2.24) is 0 Å². The Bertz CT molecular complexity index is 2820. The van der Waals surface area contributed by atoms with Crippen LogP contribution in [0.2, 0.25) is 0 Å². The smallest absolute Gasteiger partial charge is 0.136 e. The summed E-state index contributed by atoms with van der Waals surface area (Å²) in [5.74, 6) is 0. The normalized spacial score (nSPS) is 11.6. The number of furan rings is 1. The summed E-state index contributed by atoms with van der Waals surface area (Å²) < 4.78 is 6.39. The lowest BCUT2D eigenvalue weighted by molar-refractivity contribution is 0.669. The van der Waals surface area contributed by atoms with Gasteiger partial charge in [0.1, 0.15) is 11.2 Å². The number of fused-ring (bicyclic) bond motifs is 10. The van der Waals surface area contributed by atoms with Gasteiger partial charge in [-0.3, -0.25) is 0 Å². The Hall–Kier alpha value is -6.64. The maximum atomic E-state index is 6.39. The molecule has 0 spiro atoms. The van der Waals surface area contributed by atoms with Crippen molar-refractivity contribution in [3.63, 3.8) is 0 Å². The first-order valence-electron chi connectivity index (χ1n) is 17.1. The molecule has 2 nitrogen and oxygen atoms in total. The van der Waals surface area contributed by atoms with Crippen molar-refractivity contribution in [3.05, 3.63) is 188 Å². The molecule has 1 heterocycles. The molecule has 0 amide bonds. The Morgan fingerprint density at radius 3 is 1.60 bits per heavy atom. The molecule has 1 aromatic heterocycles. The van der Waals surface area contributed by atoms with Gasteiger partial charge in [-0.1, -0.05) is 146 Å². The Morgan fingerprint density at radius 1 is 0.300 bits per heavy atom. The monoisotopic (exact) mass is 637 g/mol. The lowest BCUT2D eigenvalue weighted by atomic mass is 9.90. The van der Waals surface area contributed by atoms with Gasteiger partial charge < -0.3 is 9.32 Å². The van der Waals surface area contributed by atoms with Gasteiger partial charge in [-0.25, -0.2) is 0 Å². The van der Waals surface area contributed by atoms with Crippen LogP contribution in [0.4, 0.5) is 17.1 Å². The van der Waals surface area contributed by atoms with Crippen LogP contribution in [0.1, 0.15) is 0 Å². The maximum Gasteiger partial charge on any atom is 0.136 e. The molecule has 0 unspecified atom stereocenters. The third-order valence-electron chi connectivity index (χ3n) is 10.0. The number of para-hydroxylation sites is 2. The fourth-order valence-corrected chi connectivity index (χ4v) is 7.85. The van der Waals surface area contributed by atoms with E-state index >= 15 is 0 Å². The summed E-state index contributed by atoms with van der Waals surface area (Å²) in [5.41, 5.74) is 9.93. The molecule has 10 aromatic rings. The van der Waals surface area contributed by atoms with E-state index in [2.05, 4.69) is 187 Å². The van der Waals surface area contributed by atoms with Gasteiger partial charge in [0.25, 0.3) is 0 Å². The molecule has 9 aromatic carbocycles. The molecule has 10 rings (SSSR count). The molecular weight excluding hydrogens is 607 g/mol. The summed E-state index contributed by atoms with van der Waals surface area (Å²) in [4.78, 5) is 2.45. The fourth-order valence-electron chi connectivity index (χ4n) is 7.85. The van der Waals surface area contributed by atoms with Crippen molar-refractivity contribution in [2.75, 3.05) is 4.90 Å². The average Bonchev–Trinajstić information content (AvgIpc) is 3.58. The number of nitrogens with zero attached hydrogens (tertiary/aromatic N) is 1. The van der Waals surface area contributed by atoms with Crippen LogP contribution >= 0.6 is 0 Å². The average molecular weight is 638 g/mol. The summed E-state index contributed by atoms with van der Waals surface area (Å²) >= 11 is 0. The number of hydrogen-bond donors (Lipinski definition) is 0. The predicted molar refractivity (Wildman–Crippen MR) is 212 cm³/mol. The highest BCUT2D eigenvalue weighted by Gasteiger charge is 2.23. The van der Waals surface area contributed by atoms with Crippen molar-refractivity contribution in [2.45, 2.75) is 0 Å². The minimum atomic E-state index is 0.913. The van der Waals surface area contributed by atoms with Crippen molar-refractivity contribution < 1.29 is 4.42 Å². The van der Waals surface area contributed by atoms with Crippen LogP contribution in [0.15, 0.2) is 192 Å². The Balaban J connectivity index is 1.31. The summed E-state index contributed by atoms with van der Waals surface area (Å²) in [7, 11) is 0. The number of hydrogen-bond acceptors (Lipinski definition) is 2. The first kappa shape index (κ1) is 28.4. The van der Waals surface area contributed by atoms with Gasteiger partial charge in [-0.05, 0) is 80.7 Å². The van der Waals surface area contributed by atoms with Crippen LogP contribution in [-0.2, 0) is 0 Å². The Labute approximate surface area is 290 Å². The summed E-state index contributed by atoms with van der Waals surface area (Å²) in [6.45, 7) is 0. The molecule has 0 saturated carbocycles. The quantitative estimate of drug-likeness (QED) is 0.175. The second kappa shape index (κ2) is 11.5. The van der Waals surface area contributed by atoms with E-state index in [1.807, 2.05) is 6.07 Å². The highest BCUT2D eigenvalue weighted by molar-refractivity contribution is 6.36. The molecule has 0 aliphatic rings. The van der Waals surface area contributed by atoms with Gasteiger partial charge in [0, 0.05) is 32.8 Å². The standard InChI is InChI=1S/C48H31NO/c1-3-14-32(15-4-1)33-26-28-35(29-27-33)49(42-23-11-9-18-36(42)34-16-5-2-6-17-34)43-24-13-22-38-40-30-31-45-48(41-21-10-12-25-44(41)50-45)47(40)39-20-8-7-19-37(39)46(38)43/h1-31H. The van der Waals surface area contributed by atoms with E-state index in [1.165, 1.54) is 60.0 Å². The molecule has 50 heavy (non-hydrogen) atoms. The first-order chi connectivity index (χ1) is 24.8. The zero-order valence-electron chi connectivity index (χ0n) is 27.3. The molecule has 0 bridgehead atoms. The molecular formula is C48H31NO. The van der Waals surface area contributed by atoms with Crippen molar-refractivity contribution in [2.24, 2.45) is 0 Å². The van der Waals surface area contributed by atoms with Crippen LogP contribution in [0, 0.1) is 0 Å². The second-order valence-corrected chi connectivity index (χ2v) is 12.8. The first-order valence-corrected chi connectivity index (χ1v) is 17.1. The number of rotatable bonds is 5. The van der Waals surface area contributed by atoms with Crippen LogP contribution in [0.5, 0.6) is 0 Å². The third-order valence-corrected chi connectivity index (χ3v) is 10.0. The van der Waals surface area contributed by atoms with Gasteiger partial charge in [-0.15, -0.1) is 0 Å². The molecule has 0 radical (unpaired) electrons. The maximum absolute atomic E-state index is 6.39. The van der Waals surface area contributed by atoms with Crippen LogP contribution in [0.25, 0.3) is 76.5 Å². The van der Waals surface area contributed by atoms with Gasteiger partial charge in [0.15, 0.2) is 0 Å². The van der Waals surface area contributed by atoms with Crippen LogP contribution in [0.3, 0.4) is 0 Å². The molecule has 2 heteroatoms. The third kappa shape index (κ3) is 4.43. The fraction of sp³-hybridized carbons (Fsp3) is 0. The van der Waals surface area contributed by atoms with Gasteiger partial charge in [-0.2, -0.15) is 0 Å². The van der Waals surface area contributed by atoms with Gasteiger partial charge >= 0.3 is 0 Å². The molecule has 234 valence electrons. The van der Waals surface area contributed by atoms with E-state index < -0.39 is 0 Å². The SMILES string of the molecule is c1ccc(-c2ccc(N(c3ccccc3-c3ccccc3)c3cccc4c5ccc6oc7ccccc7c6c5c5ccccc5c34)cc2)cc1. The Kier molecular flexibility index (Phi) is 6.53. The van der Waals surface area contributed by atoms with E-state index in [0.717, 1.165) is 33.6 Å². The van der Waals surface area contributed by atoms with Crippen LogP contribution in [-0.4, -0.2) is 0 Å². The molecule has 0 saturated heterocycles. The van der Waals surface area contributed by atoms with Crippen molar-refractivity contribution >= 4 is 71.3 Å². The number of benzene rings is 9. The van der Waals surface area contributed by atoms with E-state index in [0.29, 0.717) is 0 Å². The molecule has 0 aliphatic carbocycles. The largest absolute Gasteiger partial charge is 0.456 e. The van der Waals surface area contributed by atoms with Crippen molar-refractivity contribution in [3.8, 4) is 22.3 Å².